The van der Waals surface area contributed by atoms with Gasteiger partial charge in [-0.3, -0.25) is 4.79 Å². The second-order valence-corrected chi connectivity index (χ2v) is 6.24. The number of carbonyl (C=O) groups is 1. The number of carbonyl (C=O) groups excluding carboxylic acids is 1. The molecule has 0 heterocycles. The van der Waals surface area contributed by atoms with Crippen LogP contribution in [-0.4, -0.2) is 12.5 Å². The first-order chi connectivity index (χ1) is 9.11. The minimum Gasteiger partial charge on any atom is -0.352 e. The van der Waals surface area contributed by atoms with E-state index in [-0.39, 0.29) is 11.8 Å². The molecule has 1 aromatic carbocycles. The third kappa shape index (κ3) is 3.57. The molecule has 0 spiro atoms. The topological polar surface area (TPSA) is 55.1 Å². The van der Waals surface area contributed by atoms with Gasteiger partial charge < -0.3 is 11.1 Å². The number of halogens is 1. The van der Waals surface area contributed by atoms with Crippen LogP contribution < -0.4 is 11.1 Å². The molecule has 0 bridgehead atoms. The van der Waals surface area contributed by atoms with Crippen LogP contribution in [0, 0.1) is 18.8 Å². The average molecular weight is 325 g/mol. The summed E-state index contributed by atoms with van der Waals surface area (Å²) in [7, 11) is 0. The zero-order valence-electron chi connectivity index (χ0n) is 11.3. The summed E-state index contributed by atoms with van der Waals surface area (Å²) < 4.78 is 1.07. The molecule has 1 saturated carbocycles. The van der Waals surface area contributed by atoms with E-state index in [1.54, 1.807) is 0 Å². The number of amides is 1. The van der Waals surface area contributed by atoms with Crippen LogP contribution in [0.3, 0.4) is 0 Å². The highest BCUT2D eigenvalue weighted by Crippen LogP contribution is 2.31. The first-order valence-corrected chi connectivity index (χ1v) is 7.64. The van der Waals surface area contributed by atoms with E-state index in [0.29, 0.717) is 19.0 Å². The number of aryl methyl sites for hydroxylation is 1. The smallest absolute Gasteiger partial charge is 0.223 e. The number of nitrogens with two attached hydrogens (primary N) is 1. The molecule has 0 radical (unpaired) electrons. The van der Waals surface area contributed by atoms with Gasteiger partial charge in [0.2, 0.25) is 5.91 Å². The molecular formula is C15H21BrN2O. The Morgan fingerprint density at radius 2 is 2.26 bits per heavy atom. The van der Waals surface area contributed by atoms with Gasteiger partial charge in [-0.25, -0.2) is 0 Å². The predicted octanol–water partition coefficient (Wildman–Crippen LogP) is 2.75. The van der Waals surface area contributed by atoms with Crippen molar-refractivity contribution in [3.05, 3.63) is 33.8 Å². The van der Waals surface area contributed by atoms with Gasteiger partial charge in [0.25, 0.3) is 0 Å². The summed E-state index contributed by atoms with van der Waals surface area (Å²) in [5, 5.41) is 3.06. The minimum absolute atomic E-state index is 0.112. The molecule has 4 heteroatoms. The van der Waals surface area contributed by atoms with E-state index < -0.39 is 0 Å². The molecule has 1 amide bonds. The maximum atomic E-state index is 12.2. The Hall–Kier alpha value is -0.870. The molecule has 3 nitrogen and oxygen atoms in total. The Kier molecular flexibility index (Phi) is 4.99. The normalized spacial score (nSPS) is 22.5. The first-order valence-electron chi connectivity index (χ1n) is 6.84. The van der Waals surface area contributed by atoms with Crippen molar-refractivity contribution in [2.24, 2.45) is 17.6 Å². The van der Waals surface area contributed by atoms with Crippen LogP contribution in [0.5, 0.6) is 0 Å². The van der Waals surface area contributed by atoms with E-state index in [1.807, 2.05) is 6.07 Å². The number of hydrogen-bond acceptors (Lipinski definition) is 2. The fourth-order valence-corrected chi connectivity index (χ4v) is 3.31. The van der Waals surface area contributed by atoms with Crippen molar-refractivity contribution in [1.29, 1.82) is 0 Å². The molecular weight excluding hydrogens is 304 g/mol. The van der Waals surface area contributed by atoms with Gasteiger partial charge >= 0.3 is 0 Å². The minimum atomic E-state index is 0.112. The quantitative estimate of drug-likeness (QED) is 0.894. The van der Waals surface area contributed by atoms with Crippen molar-refractivity contribution in [3.63, 3.8) is 0 Å². The third-order valence-corrected chi connectivity index (χ3v) is 4.55. The zero-order valence-corrected chi connectivity index (χ0v) is 12.9. The van der Waals surface area contributed by atoms with E-state index in [9.17, 15) is 4.79 Å². The molecule has 0 unspecified atom stereocenters. The molecule has 1 fully saturated rings. The Balaban J connectivity index is 1.93. The Bertz CT molecular complexity index is 461. The average Bonchev–Trinajstić information content (AvgIpc) is 2.85. The van der Waals surface area contributed by atoms with E-state index in [4.69, 9.17) is 5.73 Å². The van der Waals surface area contributed by atoms with Gasteiger partial charge in [0.1, 0.15) is 0 Å². The van der Waals surface area contributed by atoms with Crippen LogP contribution in [0.15, 0.2) is 22.7 Å². The highest BCUT2D eigenvalue weighted by Gasteiger charge is 2.31. The monoisotopic (exact) mass is 324 g/mol. The van der Waals surface area contributed by atoms with Crippen molar-refractivity contribution < 1.29 is 4.79 Å². The van der Waals surface area contributed by atoms with Gasteiger partial charge in [0.05, 0.1) is 0 Å². The highest BCUT2D eigenvalue weighted by atomic mass is 79.9. The second-order valence-electron chi connectivity index (χ2n) is 5.32. The summed E-state index contributed by atoms with van der Waals surface area (Å²) >= 11 is 3.45. The molecule has 104 valence electrons. The lowest BCUT2D eigenvalue weighted by Crippen LogP contribution is -2.34. The van der Waals surface area contributed by atoms with Crippen molar-refractivity contribution in [2.45, 2.75) is 32.7 Å². The van der Waals surface area contributed by atoms with Gasteiger partial charge in [0.15, 0.2) is 0 Å². The van der Waals surface area contributed by atoms with Crippen molar-refractivity contribution >= 4 is 21.8 Å². The van der Waals surface area contributed by atoms with E-state index >= 15 is 0 Å². The van der Waals surface area contributed by atoms with Crippen LogP contribution >= 0.6 is 15.9 Å². The van der Waals surface area contributed by atoms with E-state index in [1.165, 1.54) is 11.1 Å². The molecule has 3 N–H and O–H groups in total. The fourth-order valence-electron chi connectivity index (χ4n) is 2.84. The van der Waals surface area contributed by atoms with Crippen LogP contribution in [0.4, 0.5) is 0 Å². The summed E-state index contributed by atoms with van der Waals surface area (Å²) in [6.45, 7) is 3.28. The fraction of sp³-hybridized carbons (Fsp3) is 0.533. The Morgan fingerprint density at radius 3 is 2.95 bits per heavy atom. The predicted molar refractivity (Wildman–Crippen MR) is 80.6 cm³/mol. The van der Waals surface area contributed by atoms with Gasteiger partial charge in [-0.05, 0) is 55.5 Å². The lowest BCUT2D eigenvalue weighted by molar-refractivity contribution is -0.126. The Labute approximate surface area is 123 Å². The number of benzene rings is 1. The molecule has 0 saturated heterocycles. The number of hydrogen-bond donors (Lipinski definition) is 2. The van der Waals surface area contributed by atoms with Crippen molar-refractivity contribution in [1.82, 2.24) is 5.32 Å². The van der Waals surface area contributed by atoms with Crippen molar-refractivity contribution in [2.75, 3.05) is 6.54 Å². The maximum Gasteiger partial charge on any atom is 0.223 e. The summed E-state index contributed by atoms with van der Waals surface area (Å²) in [6, 6.07) is 6.13. The molecule has 1 aromatic rings. The standard InChI is InChI=1S/C15H21BrN2O/c1-10-7-13(16)6-5-12(10)9-18-15(19)14-4-2-3-11(14)8-17/h5-7,11,14H,2-4,8-9,17H2,1H3,(H,18,19)/t11-,14-/m1/s1. The number of nitrogens with one attached hydrogen (secondary N) is 1. The summed E-state index contributed by atoms with van der Waals surface area (Å²) in [5.41, 5.74) is 8.08. The first kappa shape index (κ1) is 14.5. The summed E-state index contributed by atoms with van der Waals surface area (Å²) in [5.74, 6) is 0.641. The van der Waals surface area contributed by atoms with Gasteiger partial charge in [-0.15, -0.1) is 0 Å². The number of rotatable bonds is 4. The van der Waals surface area contributed by atoms with Crippen LogP contribution in [-0.2, 0) is 11.3 Å². The molecule has 1 aliphatic rings. The largest absolute Gasteiger partial charge is 0.352 e. The lowest BCUT2D eigenvalue weighted by atomic mass is 9.95. The van der Waals surface area contributed by atoms with Crippen LogP contribution in [0.2, 0.25) is 0 Å². The molecule has 2 atom stereocenters. The van der Waals surface area contributed by atoms with E-state index in [2.05, 4.69) is 40.3 Å². The SMILES string of the molecule is Cc1cc(Br)ccc1CNC(=O)[C@@H]1CCC[C@@H]1CN. The van der Waals surface area contributed by atoms with Gasteiger partial charge in [0, 0.05) is 16.9 Å². The van der Waals surface area contributed by atoms with E-state index in [0.717, 1.165) is 23.7 Å². The second kappa shape index (κ2) is 6.53. The third-order valence-electron chi connectivity index (χ3n) is 4.06. The molecule has 0 aromatic heterocycles. The zero-order chi connectivity index (χ0) is 13.8. The van der Waals surface area contributed by atoms with Gasteiger partial charge in [-0.1, -0.05) is 28.4 Å². The van der Waals surface area contributed by atoms with Crippen molar-refractivity contribution in [3.8, 4) is 0 Å². The van der Waals surface area contributed by atoms with Gasteiger partial charge in [-0.2, -0.15) is 0 Å². The highest BCUT2D eigenvalue weighted by molar-refractivity contribution is 9.10. The molecule has 19 heavy (non-hydrogen) atoms. The lowest BCUT2D eigenvalue weighted by Gasteiger charge is -2.17. The maximum absolute atomic E-state index is 12.2. The van der Waals surface area contributed by atoms with Crippen LogP contribution in [0.25, 0.3) is 0 Å². The molecule has 0 aliphatic heterocycles. The Morgan fingerprint density at radius 1 is 1.47 bits per heavy atom. The summed E-state index contributed by atoms with van der Waals surface area (Å²) in [6.07, 6.45) is 3.19. The molecule has 2 rings (SSSR count). The summed E-state index contributed by atoms with van der Waals surface area (Å²) in [4.78, 5) is 12.2. The van der Waals surface area contributed by atoms with Crippen LogP contribution in [0.1, 0.15) is 30.4 Å². The molecule has 1 aliphatic carbocycles.